The number of para-hydroxylation sites is 2. The van der Waals surface area contributed by atoms with E-state index in [-0.39, 0.29) is 11.8 Å². The zero-order valence-corrected chi connectivity index (χ0v) is 23.2. The number of rotatable bonds is 12. The van der Waals surface area contributed by atoms with E-state index in [9.17, 15) is 9.59 Å². The van der Waals surface area contributed by atoms with Crippen LogP contribution in [0.2, 0.25) is 0 Å². The number of ether oxygens (including phenoxy) is 2. The predicted octanol–water partition coefficient (Wildman–Crippen LogP) is 6.70. The Labute approximate surface area is 245 Å². The van der Waals surface area contributed by atoms with E-state index in [4.69, 9.17) is 9.47 Å². The zero-order chi connectivity index (χ0) is 29.0. The molecule has 0 fully saturated rings. The standard InChI is InChI=1S/C36H32N2O4/c39-35(37-23-27-11-3-1-4-12-27)31-15-7-9-17-33(31)41-25-29-19-21-30(22-20-29)26-42-34-18-10-8-16-32(34)36(40)38-24-28-13-5-2-6-14-28/h1-22H,23-26H2,(H,37,39)(H,38,40). The molecule has 0 bridgehead atoms. The average molecular weight is 557 g/mol. The Morgan fingerprint density at radius 2 is 0.786 bits per heavy atom. The van der Waals surface area contributed by atoms with Crippen LogP contribution in [0, 0.1) is 0 Å². The minimum atomic E-state index is -0.184. The first-order valence-electron chi connectivity index (χ1n) is 13.8. The molecule has 0 aliphatic rings. The fourth-order valence-corrected chi connectivity index (χ4v) is 4.36. The second kappa shape index (κ2) is 14.3. The molecule has 0 atom stereocenters. The number of hydrogen-bond donors (Lipinski definition) is 2. The lowest BCUT2D eigenvalue weighted by Crippen LogP contribution is -2.23. The first kappa shape index (κ1) is 28.2. The number of carbonyl (C=O) groups excluding carboxylic acids is 2. The molecule has 2 N–H and O–H groups in total. The van der Waals surface area contributed by atoms with Gasteiger partial charge in [-0.1, -0.05) is 109 Å². The highest BCUT2D eigenvalue weighted by Crippen LogP contribution is 2.22. The van der Waals surface area contributed by atoms with Gasteiger partial charge in [0.2, 0.25) is 0 Å². The Balaban J connectivity index is 1.14. The van der Waals surface area contributed by atoms with Gasteiger partial charge in [-0.15, -0.1) is 0 Å². The molecule has 0 aliphatic carbocycles. The minimum Gasteiger partial charge on any atom is -0.488 e. The second-order valence-electron chi connectivity index (χ2n) is 9.72. The van der Waals surface area contributed by atoms with Crippen LogP contribution >= 0.6 is 0 Å². The van der Waals surface area contributed by atoms with Gasteiger partial charge in [-0.25, -0.2) is 0 Å². The molecule has 6 heteroatoms. The van der Waals surface area contributed by atoms with Crippen LogP contribution < -0.4 is 20.1 Å². The lowest BCUT2D eigenvalue weighted by molar-refractivity contribution is 0.0938. The van der Waals surface area contributed by atoms with Crippen molar-refractivity contribution in [2.45, 2.75) is 26.3 Å². The summed E-state index contributed by atoms with van der Waals surface area (Å²) >= 11 is 0. The van der Waals surface area contributed by atoms with E-state index in [0.717, 1.165) is 22.3 Å². The lowest BCUT2D eigenvalue weighted by atomic mass is 10.1. The molecule has 0 spiro atoms. The summed E-state index contributed by atoms with van der Waals surface area (Å²) in [5.41, 5.74) is 4.96. The third-order valence-corrected chi connectivity index (χ3v) is 6.67. The number of amides is 2. The molecule has 5 aromatic carbocycles. The Hall–Kier alpha value is -5.36. The van der Waals surface area contributed by atoms with Crippen LogP contribution in [0.1, 0.15) is 43.0 Å². The summed E-state index contributed by atoms with van der Waals surface area (Å²) in [6.45, 7) is 1.52. The highest BCUT2D eigenvalue weighted by molar-refractivity contribution is 5.97. The van der Waals surface area contributed by atoms with E-state index in [1.165, 1.54) is 0 Å². The van der Waals surface area contributed by atoms with Gasteiger partial charge in [0.25, 0.3) is 11.8 Å². The maximum Gasteiger partial charge on any atom is 0.255 e. The van der Waals surface area contributed by atoms with Crippen LogP contribution in [0.15, 0.2) is 133 Å². The zero-order valence-electron chi connectivity index (χ0n) is 23.2. The number of hydrogen-bond acceptors (Lipinski definition) is 4. The first-order valence-corrected chi connectivity index (χ1v) is 13.8. The largest absolute Gasteiger partial charge is 0.488 e. The second-order valence-corrected chi connectivity index (χ2v) is 9.72. The summed E-state index contributed by atoms with van der Waals surface area (Å²) < 4.78 is 12.1. The molecule has 2 amide bonds. The number of carbonyl (C=O) groups is 2. The Morgan fingerprint density at radius 3 is 1.19 bits per heavy atom. The van der Waals surface area contributed by atoms with Gasteiger partial charge in [-0.3, -0.25) is 9.59 Å². The maximum atomic E-state index is 12.8. The summed E-state index contributed by atoms with van der Waals surface area (Å²) in [5, 5.41) is 5.91. The van der Waals surface area contributed by atoms with E-state index in [0.29, 0.717) is 48.9 Å². The van der Waals surface area contributed by atoms with Crippen molar-refractivity contribution in [1.82, 2.24) is 10.6 Å². The van der Waals surface area contributed by atoms with Crippen molar-refractivity contribution in [3.05, 3.63) is 167 Å². The Bertz CT molecular complexity index is 1480. The van der Waals surface area contributed by atoms with Gasteiger partial charge >= 0.3 is 0 Å². The fourth-order valence-electron chi connectivity index (χ4n) is 4.36. The quantitative estimate of drug-likeness (QED) is 0.179. The molecule has 5 aromatic rings. The molecule has 0 saturated carbocycles. The summed E-state index contributed by atoms with van der Waals surface area (Å²) in [6, 6.07) is 41.9. The van der Waals surface area contributed by atoms with Gasteiger partial charge in [0, 0.05) is 13.1 Å². The van der Waals surface area contributed by atoms with Crippen molar-refractivity contribution in [2.75, 3.05) is 0 Å². The van der Waals surface area contributed by atoms with E-state index in [1.54, 1.807) is 24.3 Å². The monoisotopic (exact) mass is 556 g/mol. The van der Waals surface area contributed by atoms with E-state index in [2.05, 4.69) is 10.6 Å². The summed E-state index contributed by atoms with van der Waals surface area (Å²) in [4.78, 5) is 25.6. The molecule has 0 saturated heterocycles. The number of benzene rings is 5. The Morgan fingerprint density at radius 1 is 0.429 bits per heavy atom. The van der Waals surface area contributed by atoms with Crippen LogP contribution in [-0.4, -0.2) is 11.8 Å². The van der Waals surface area contributed by atoms with E-state index >= 15 is 0 Å². The molecule has 0 aromatic heterocycles. The van der Waals surface area contributed by atoms with Gasteiger partial charge in [0.05, 0.1) is 11.1 Å². The first-order chi connectivity index (χ1) is 20.7. The van der Waals surface area contributed by atoms with Gasteiger partial charge < -0.3 is 20.1 Å². The molecule has 42 heavy (non-hydrogen) atoms. The van der Waals surface area contributed by atoms with Crippen LogP contribution in [0.5, 0.6) is 11.5 Å². The maximum absolute atomic E-state index is 12.8. The van der Waals surface area contributed by atoms with Crippen LogP contribution in [0.3, 0.4) is 0 Å². The molecule has 0 heterocycles. The Kier molecular flexibility index (Phi) is 9.61. The summed E-state index contributed by atoms with van der Waals surface area (Å²) in [5.74, 6) is 0.683. The van der Waals surface area contributed by atoms with Crippen LogP contribution in [0.4, 0.5) is 0 Å². The van der Waals surface area contributed by atoms with Crippen molar-refractivity contribution in [2.24, 2.45) is 0 Å². The molecule has 6 nitrogen and oxygen atoms in total. The van der Waals surface area contributed by atoms with Gasteiger partial charge in [0.15, 0.2) is 0 Å². The van der Waals surface area contributed by atoms with Crippen molar-refractivity contribution in [3.8, 4) is 11.5 Å². The minimum absolute atomic E-state index is 0.184. The molecule has 0 radical (unpaired) electrons. The number of nitrogens with one attached hydrogen (secondary N) is 2. The van der Waals surface area contributed by atoms with Gasteiger partial charge in [-0.2, -0.15) is 0 Å². The highest BCUT2D eigenvalue weighted by Gasteiger charge is 2.13. The molecule has 0 unspecified atom stereocenters. The van der Waals surface area contributed by atoms with Gasteiger partial charge in [-0.05, 0) is 46.5 Å². The third kappa shape index (κ3) is 7.86. The molecule has 210 valence electrons. The van der Waals surface area contributed by atoms with Gasteiger partial charge in [0.1, 0.15) is 24.7 Å². The lowest BCUT2D eigenvalue weighted by Gasteiger charge is -2.13. The molecule has 0 aliphatic heterocycles. The fraction of sp³-hybridized carbons (Fsp3) is 0.111. The van der Waals surface area contributed by atoms with Crippen molar-refractivity contribution in [3.63, 3.8) is 0 Å². The van der Waals surface area contributed by atoms with E-state index < -0.39 is 0 Å². The molecule has 5 rings (SSSR count). The summed E-state index contributed by atoms with van der Waals surface area (Å²) in [7, 11) is 0. The molecular weight excluding hydrogens is 524 g/mol. The van der Waals surface area contributed by atoms with Crippen molar-refractivity contribution < 1.29 is 19.1 Å². The topological polar surface area (TPSA) is 76.7 Å². The molecular formula is C36H32N2O4. The predicted molar refractivity (Wildman–Crippen MR) is 163 cm³/mol. The average Bonchev–Trinajstić information content (AvgIpc) is 3.06. The summed E-state index contributed by atoms with van der Waals surface area (Å²) in [6.07, 6.45) is 0. The van der Waals surface area contributed by atoms with Crippen LogP contribution in [-0.2, 0) is 26.3 Å². The third-order valence-electron chi connectivity index (χ3n) is 6.67. The normalized spacial score (nSPS) is 10.5. The van der Waals surface area contributed by atoms with Crippen LogP contribution in [0.25, 0.3) is 0 Å². The SMILES string of the molecule is O=C(NCc1ccccc1)c1ccccc1OCc1ccc(COc2ccccc2C(=O)NCc2ccccc2)cc1. The highest BCUT2D eigenvalue weighted by atomic mass is 16.5. The van der Waals surface area contributed by atoms with Crippen molar-refractivity contribution >= 4 is 11.8 Å². The smallest absolute Gasteiger partial charge is 0.255 e. The van der Waals surface area contributed by atoms with Crippen molar-refractivity contribution in [1.29, 1.82) is 0 Å². The van der Waals surface area contributed by atoms with E-state index in [1.807, 2.05) is 109 Å².